The van der Waals surface area contributed by atoms with E-state index in [1.54, 1.807) is 42.5 Å². The van der Waals surface area contributed by atoms with Crippen molar-refractivity contribution in [3.8, 4) is 17.2 Å². The molecule has 0 saturated heterocycles. The number of rotatable bonds is 5. The standard InChI is InChI=1S/C23H19NO6/c1-14(25)28-20-12-8-17(13-22(20)30-16(3)27)7-10-19-11-9-18-5-4-6-21(23(18)24-19)29-15(2)26/h4-13H,1-3H3/b10-7+. The minimum absolute atomic E-state index is 0.142. The maximum atomic E-state index is 11.3. The van der Waals surface area contributed by atoms with Crippen LogP contribution in [0.15, 0.2) is 48.5 Å². The highest BCUT2D eigenvalue weighted by Crippen LogP contribution is 2.30. The Hall–Kier alpha value is -4.00. The normalized spacial score (nSPS) is 10.8. The van der Waals surface area contributed by atoms with Gasteiger partial charge in [-0.3, -0.25) is 14.4 Å². The Labute approximate surface area is 172 Å². The molecule has 0 bridgehead atoms. The van der Waals surface area contributed by atoms with Crippen LogP contribution in [-0.2, 0) is 14.4 Å². The van der Waals surface area contributed by atoms with Gasteiger partial charge < -0.3 is 14.2 Å². The maximum absolute atomic E-state index is 11.3. The van der Waals surface area contributed by atoms with Crippen molar-refractivity contribution in [3.63, 3.8) is 0 Å². The van der Waals surface area contributed by atoms with Crippen molar-refractivity contribution in [2.75, 3.05) is 0 Å². The van der Waals surface area contributed by atoms with E-state index in [9.17, 15) is 14.4 Å². The van der Waals surface area contributed by atoms with Crippen molar-refractivity contribution >= 4 is 41.0 Å². The van der Waals surface area contributed by atoms with Crippen LogP contribution in [0.5, 0.6) is 17.2 Å². The zero-order valence-electron chi connectivity index (χ0n) is 16.7. The molecule has 7 heteroatoms. The topological polar surface area (TPSA) is 91.8 Å². The van der Waals surface area contributed by atoms with Gasteiger partial charge in [0.25, 0.3) is 0 Å². The largest absolute Gasteiger partial charge is 0.424 e. The molecule has 152 valence electrons. The number of nitrogens with zero attached hydrogens (tertiary/aromatic N) is 1. The Bertz CT molecular complexity index is 1170. The lowest BCUT2D eigenvalue weighted by Gasteiger charge is -2.09. The minimum Gasteiger partial charge on any atom is -0.424 e. The summed E-state index contributed by atoms with van der Waals surface area (Å²) in [5.74, 6) is -0.781. The van der Waals surface area contributed by atoms with Gasteiger partial charge in [-0.15, -0.1) is 0 Å². The summed E-state index contributed by atoms with van der Waals surface area (Å²) in [6, 6.07) is 13.9. The summed E-state index contributed by atoms with van der Waals surface area (Å²) < 4.78 is 15.4. The molecule has 0 amide bonds. The maximum Gasteiger partial charge on any atom is 0.308 e. The SMILES string of the molecule is CC(=O)Oc1ccc(/C=C/c2ccc3cccc(OC(C)=O)c3n2)cc1OC(C)=O. The zero-order valence-corrected chi connectivity index (χ0v) is 16.7. The monoisotopic (exact) mass is 405 g/mol. The van der Waals surface area contributed by atoms with Crippen molar-refractivity contribution < 1.29 is 28.6 Å². The van der Waals surface area contributed by atoms with E-state index in [-0.39, 0.29) is 11.5 Å². The average molecular weight is 405 g/mol. The number of aromatic nitrogens is 1. The number of pyridine rings is 1. The highest BCUT2D eigenvalue weighted by atomic mass is 16.6. The van der Waals surface area contributed by atoms with Gasteiger partial charge in [0.2, 0.25) is 0 Å². The molecule has 7 nitrogen and oxygen atoms in total. The van der Waals surface area contributed by atoms with Crippen LogP contribution in [0.1, 0.15) is 32.0 Å². The number of esters is 3. The van der Waals surface area contributed by atoms with Gasteiger partial charge in [-0.25, -0.2) is 4.98 Å². The van der Waals surface area contributed by atoms with E-state index in [1.165, 1.54) is 20.8 Å². The highest BCUT2D eigenvalue weighted by molar-refractivity contribution is 5.88. The Morgan fingerprint density at radius 1 is 0.733 bits per heavy atom. The molecule has 0 spiro atoms. The first-order valence-electron chi connectivity index (χ1n) is 9.09. The van der Waals surface area contributed by atoms with Gasteiger partial charge in [0.15, 0.2) is 17.2 Å². The van der Waals surface area contributed by atoms with Crippen molar-refractivity contribution in [1.29, 1.82) is 0 Å². The fourth-order valence-electron chi connectivity index (χ4n) is 2.75. The summed E-state index contributed by atoms with van der Waals surface area (Å²) in [5, 5.41) is 0.841. The molecule has 0 fully saturated rings. The quantitative estimate of drug-likeness (QED) is 0.464. The molecular formula is C23H19NO6. The van der Waals surface area contributed by atoms with Crippen LogP contribution >= 0.6 is 0 Å². The molecule has 3 aromatic rings. The van der Waals surface area contributed by atoms with E-state index in [1.807, 2.05) is 18.2 Å². The van der Waals surface area contributed by atoms with E-state index in [2.05, 4.69) is 4.98 Å². The smallest absolute Gasteiger partial charge is 0.308 e. The van der Waals surface area contributed by atoms with Crippen molar-refractivity contribution in [2.45, 2.75) is 20.8 Å². The van der Waals surface area contributed by atoms with Gasteiger partial charge in [-0.2, -0.15) is 0 Å². The number of fused-ring (bicyclic) bond motifs is 1. The summed E-state index contributed by atoms with van der Waals surface area (Å²) in [4.78, 5) is 38.5. The number of para-hydroxylation sites is 1. The summed E-state index contributed by atoms with van der Waals surface area (Å²) in [7, 11) is 0. The van der Waals surface area contributed by atoms with Crippen LogP contribution in [0.4, 0.5) is 0 Å². The molecule has 30 heavy (non-hydrogen) atoms. The second-order valence-electron chi connectivity index (χ2n) is 6.38. The third kappa shape index (κ3) is 5.29. The Kier molecular flexibility index (Phi) is 6.22. The average Bonchev–Trinajstić information content (AvgIpc) is 2.67. The second kappa shape index (κ2) is 9.00. The molecule has 0 aliphatic carbocycles. The first-order chi connectivity index (χ1) is 14.3. The molecule has 3 rings (SSSR count). The number of ether oxygens (including phenoxy) is 3. The van der Waals surface area contributed by atoms with Crippen LogP contribution in [0.2, 0.25) is 0 Å². The van der Waals surface area contributed by atoms with E-state index in [4.69, 9.17) is 14.2 Å². The molecule has 0 unspecified atom stereocenters. The molecule has 1 heterocycles. The third-order valence-corrected chi connectivity index (χ3v) is 3.88. The number of benzene rings is 2. The molecule has 0 aliphatic rings. The van der Waals surface area contributed by atoms with Crippen LogP contribution in [0.3, 0.4) is 0 Å². The lowest BCUT2D eigenvalue weighted by atomic mass is 10.1. The van der Waals surface area contributed by atoms with Gasteiger partial charge >= 0.3 is 17.9 Å². The summed E-state index contributed by atoms with van der Waals surface area (Å²) in [6.45, 7) is 3.86. The third-order valence-electron chi connectivity index (χ3n) is 3.88. The van der Waals surface area contributed by atoms with Crippen LogP contribution in [0.25, 0.3) is 23.1 Å². The molecule has 0 radical (unpaired) electrons. The molecule has 2 aromatic carbocycles. The number of carbonyl (C=O) groups is 3. The predicted molar refractivity (Wildman–Crippen MR) is 111 cm³/mol. The molecule has 1 aromatic heterocycles. The van der Waals surface area contributed by atoms with Gasteiger partial charge in [-0.05, 0) is 35.9 Å². The number of hydrogen-bond acceptors (Lipinski definition) is 7. The lowest BCUT2D eigenvalue weighted by Crippen LogP contribution is -2.07. The predicted octanol–water partition coefficient (Wildman–Crippen LogP) is 4.18. The van der Waals surface area contributed by atoms with Crippen LogP contribution < -0.4 is 14.2 Å². The van der Waals surface area contributed by atoms with E-state index in [0.717, 1.165) is 5.39 Å². The Morgan fingerprint density at radius 3 is 2.10 bits per heavy atom. The molecular weight excluding hydrogens is 386 g/mol. The summed E-state index contributed by atoms with van der Waals surface area (Å²) >= 11 is 0. The first-order valence-corrected chi connectivity index (χ1v) is 9.09. The molecule has 0 aliphatic heterocycles. The second-order valence-corrected chi connectivity index (χ2v) is 6.38. The minimum atomic E-state index is -0.529. The van der Waals surface area contributed by atoms with E-state index in [0.29, 0.717) is 22.5 Å². The van der Waals surface area contributed by atoms with E-state index < -0.39 is 17.9 Å². The number of carbonyl (C=O) groups excluding carboxylic acids is 3. The fourth-order valence-corrected chi connectivity index (χ4v) is 2.75. The summed E-state index contributed by atoms with van der Waals surface area (Å²) in [5.41, 5.74) is 1.91. The summed E-state index contributed by atoms with van der Waals surface area (Å²) in [6.07, 6.45) is 3.54. The lowest BCUT2D eigenvalue weighted by molar-refractivity contribution is -0.134. The molecule has 0 atom stereocenters. The first kappa shape index (κ1) is 20.7. The van der Waals surface area contributed by atoms with Gasteiger partial charge in [0.1, 0.15) is 5.52 Å². The highest BCUT2D eigenvalue weighted by Gasteiger charge is 2.11. The van der Waals surface area contributed by atoms with Gasteiger partial charge in [-0.1, -0.05) is 30.3 Å². The van der Waals surface area contributed by atoms with Crippen LogP contribution in [-0.4, -0.2) is 22.9 Å². The molecule has 0 N–H and O–H groups in total. The van der Waals surface area contributed by atoms with Crippen molar-refractivity contribution in [3.05, 3.63) is 59.8 Å². The Morgan fingerprint density at radius 2 is 1.40 bits per heavy atom. The van der Waals surface area contributed by atoms with Gasteiger partial charge in [0, 0.05) is 26.2 Å². The Balaban J connectivity index is 1.92. The fraction of sp³-hybridized carbons (Fsp3) is 0.130. The van der Waals surface area contributed by atoms with Crippen molar-refractivity contribution in [1.82, 2.24) is 4.98 Å². The zero-order chi connectivity index (χ0) is 21.7. The van der Waals surface area contributed by atoms with Crippen molar-refractivity contribution in [2.24, 2.45) is 0 Å². The van der Waals surface area contributed by atoms with E-state index >= 15 is 0 Å². The van der Waals surface area contributed by atoms with Crippen LogP contribution in [0, 0.1) is 0 Å². The number of hydrogen-bond donors (Lipinski definition) is 0. The molecule has 0 saturated carbocycles. The van der Waals surface area contributed by atoms with Gasteiger partial charge in [0.05, 0.1) is 5.69 Å².